The molecular weight excluding hydrogens is 512 g/mol. The first-order chi connectivity index (χ1) is 19.1. The van der Waals surface area contributed by atoms with Crippen molar-refractivity contribution in [3.8, 4) is 11.5 Å². The number of benzene rings is 2. The van der Waals surface area contributed by atoms with Crippen molar-refractivity contribution in [3.63, 3.8) is 0 Å². The first-order valence-electron chi connectivity index (χ1n) is 13.6. The number of likely N-dealkylation sites (N-methyl/N-ethyl adjacent to an activating group) is 2. The number of carbonyl (C=O) groups excluding carboxylic acids is 4. The maximum Gasteiger partial charge on any atom is 0.255 e. The lowest BCUT2D eigenvalue weighted by atomic mass is 10.0. The summed E-state index contributed by atoms with van der Waals surface area (Å²) in [5, 5.41) is 5.52. The Bertz CT molecular complexity index is 1200. The number of para-hydroxylation sites is 2. The molecule has 0 bridgehead atoms. The second kappa shape index (κ2) is 14.3. The fourth-order valence-electron chi connectivity index (χ4n) is 4.40. The van der Waals surface area contributed by atoms with E-state index in [1.165, 1.54) is 9.80 Å². The minimum absolute atomic E-state index is 0.140. The van der Waals surface area contributed by atoms with Crippen LogP contribution in [0.2, 0.25) is 0 Å². The van der Waals surface area contributed by atoms with Gasteiger partial charge in [0.15, 0.2) is 0 Å². The highest BCUT2D eigenvalue weighted by molar-refractivity contribution is 6.01. The van der Waals surface area contributed by atoms with Gasteiger partial charge in [-0.1, -0.05) is 44.2 Å². The van der Waals surface area contributed by atoms with Crippen LogP contribution in [0.25, 0.3) is 0 Å². The Hall–Kier alpha value is -4.08. The van der Waals surface area contributed by atoms with Crippen LogP contribution in [0.4, 0.5) is 0 Å². The Morgan fingerprint density at radius 3 is 2.52 bits per heavy atom. The second-order valence-electron chi connectivity index (χ2n) is 10.5. The third-order valence-electron chi connectivity index (χ3n) is 6.68. The van der Waals surface area contributed by atoms with E-state index in [0.717, 1.165) is 11.3 Å². The van der Waals surface area contributed by atoms with Crippen molar-refractivity contribution in [1.82, 2.24) is 20.4 Å². The highest BCUT2D eigenvalue weighted by Gasteiger charge is 2.31. The summed E-state index contributed by atoms with van der Waals surface area (Å²) in [4.78, 5) is 56.1. The largest absolute Gasteiger partial charge is 0.491 e. The SMILES string of the molecule is Cc1ccccc1OCCN(C)C(=O)[C@@H]1CC(=O)N[C@H](CC(C)C)C(=O)N(C)CCOc2ccccc2C(=O)N1. The third kappa shape index (κ3) is 8.46. The Labute approximate surface area is 236 Å². The van der Waals surface area contributed by atoms with Crippen LogP contribution in [-0.4, -0.2) is 85.9 Å². The van der Waals surface area contributed by atoms with Crippen molar-refractivity contribution in [2.75, 3.05) is 40.4 Å². The summed E-state index contributed by atoms with van der Waals surface area (Å²) in [6, 6.07) is 12.3. The lowest BCUT2D eigenvalue weighted by Crippen LogP contribution is -2.53. The zero-order valence-electron chi connectivity index (χ0n) is 23.9. The molecule has 0 aliphatic carbocycles. The number of aryl methyl sites for hydroxylation is 1. The van der Waals surface area contributed by atoms with Gasteiger partial charge < -0.3 is 29.9 Å². The molecule has 0 spiro atoms. The monoisotopic (exact) mass is 552 g/mol. The van der Waals surface area contributed by atoms with Crippen LogP contribution in [0.15, 0.2) is 48.5 Å². The number of hydrogen-bond donors (Lipinski definition) is 2. The predicted molar refractivity (Wildman–Crippen MR) is 151 cm³/mol. The number of nitrogens with one attached hydrogen (secondary N) is 2. The average molecular weight is 553 g/mol. The van der Waals surface area contributed by atoms with Crippen LogP contribution in [-0.2, 0) is 14.4 Å². The minimum atomic E-state index is -1.17. The number of hydrogen-bond acceptors (Lipinski definition) is 6. The van der Waals surface area contributed by atoms with Crippen LogP contribution in [0, 0.1) is 12.8 Å². The van der Waals surface area contributed by atoms with Crippen molar-refractivity contribution < 1.29 is 28.7 Å². The summed E-state index contributed by atoms with van der Waals surface area (Å²) in [7, 11) is 3.24. The molecule has 0 aromatic heterocycles. The van der Waals surface area contributed by atoms with Crippen molar-refractivity contribution in [3.05, 3.63) is 59.7 Å². The number of rotatable bonds is 7. The number of carbonyl (C=O) groups is 4. The Balaban J connectivity index is 1.82. The molecule has 0 fully saturated rings. The van der Waals surface area contributed by atoms with Crippen molar-refractivity contribution in [2.45, 2.75) is 45.7 Å². The fourth-order valence-corrected chi connectivity index (χ4v) is 4.40. The van der Waals surface area contributed by atoms with Gasteiger partial charge in [0.1, 0.15) is 36.8 Å². The molecule has 10 nitrogen and oxygen atoms in total. The third-order valence-corrected chi connectivity index (χ3v) is 6.68. The van der Waals surface area contributed by atoms with Gasteiger partial charge in [-0.25, -0.2) is 0 Å². The van der Waals surface area contributed by atoms with E-state index in [1.807, 2.05) is 45.0 Å². The quantitative estimate of drug-likeness (QED) is 0.545. The molecule has 2 atom stereocenters. The van der Waals surface area contributed by atoms with E-state index in [1.54, 1.807) is 38.4 Å². The maximum atomic E-state index is 13.5. The Morgan fingerprint density at radius 2 is 1.80 bits per heavy atom. The molecule has 216 valence electrons. The zero-order valence-corrected chi connectivity index (χ0v) is 23.9. The number of amides is 4. The van der Waals surface area contributed by atoms with Gasteiger partial charge in [-0.05, 0) is 43.0 Å². The lowest BCUT2D eigenvalue weighted by Gasteiger charge is -2.28. The second-order valence-corrected chi connectivity index (χ2v) is 10.5. The summed E-state index contributed by atoms with van der Waals surface area (Å²) >= 11 is 0. The van der Waals surface area contributed by atoms with Crippen LogP contribution in [0.5, 0.6) is 11.5 Å². The van der Waals surface area contributed by atoms with Crippen molar-refractivity contribution in [2.24, 2.45) is 5.92 Å². The van der Waals surface area contributed by atoms with Gasteiger partial charge in [0.05, 0.1) is 25.1 Å². The molecule has 1 aliphatic rings. The van der Waals surface area contributed by atoms with E-state index in [0.29, 0.717) is 12.2 Å². The molecule has 40 heavy (non-hydrogen) atoms. The normalized spacial score (nSPS) is 18.6. The molecule has 4 amide bonds. The van der Waals surface area contributed by atoms with E-state index < -0.39 is 29.8 Å². The first kappa shape index (κ1) is 30.5. The average Bonchev–Trinajstić information content (AvgIpc) is 2.91. The van der Waals surface area contributed by atoms with E-state index >= 15 is 0 Å². The van der Waals surface area contributed by atoms with E-state index in [9.17, 15) is 19.2 Å². The molecule has 2 aromatic rings. The maximum absolute atomic E-state index is 13.5. The standard InChI is InChI=1S/C30H40N4O6/c1-20(2)18-23-29(37)33(4)15-17-40-26-13-9-7-11-22(26)28(36)32-24(19-27(35)31-23)30(38)34(5)14-16-39-25-12-8-6-10-21(25)3/h6-13,20,23-24H,14-19H2,1-5H3,(H,31,35)(H,32,36)/t23-,24+/m1/s1. The summed E-state index contributed by atoms with van der Waals surface area (Å²) in [5.74, 6) is -0.548. The van der Waals surface area contributed by atoms with Gasteiger partial charge in [0.2, 0.25) is 17.7 Å². The molecule has 1 heterocycles. The summed E-state index contributed by atoms with van der Waals surface area (Å²) in [6.45, 7) is 6.76. The van der Waals surface area contributed by atoms with Gasteiger partial charge >= 0.3 is 0 Å². The van der Waals surface area contributed by atoms with E-state index in [-0.39, 0.29) is 50.1 Å². The van der Waals surface area contributed by atoms with Gasteiger partial charge in [-0.3, -0.25) is 19.2 Å². The molecule has 2 N–H and O–H groups in total. The number of nitrogens with zero attached hydrogens (tertiary/aromatic N) is 2. The first-order valence-corrected chi connectivity index (χ1v) is 13.6. The zero-order chi connectivity index (χ0) is 29.2. The van der Waals surface area contributed by atoms with E-state index in [4.69, 9.17) is 9.47 Å². The van der Waals surface area contributed by atoms with Crippen LogP contribution in [0.3, 0.4) is 0 Å². The smallest absolute Gasteiger partial charge is 0.255 e. The minimum Gasteiger partial charge on any atom is -0.491 e. The van der Waals surface area contributed by atoms with Crippen molar-refractivity contribution >= 4 is 23.6 Å². The van der Waals surface area contributed by atoms with Crippen LogP contribution >= 0.6 is 0 Å². The molecule has 10 heteroatoms. The molecule has 0 saturated heterocycles. The van der Waals surface area contributed by atoms with Crippen molar-refractivity contribution in [1.29, 1.82) is 0 Å². The predicted octanol–water partition coefficient (Wildman–Crippen LogP) is 2.40. The summed E-state index contributed by atoms with van der Waals surface area (Å²) < 4.78 is 11.7. The highest BCUT2D eigenvalue weighted by atomic mass is 16.5. The molecular formula is C30H40N4O6. The topological polar surface area (TPSA) is 117 Å². The van der Waals surface area contributed by atoms with Gasteiger partial charge in [-0.2, -0.15) is 0 Å². The van der Waals surface area contributed by atoms with E-state index in [2.05, 4.69) is 10.6 Å². The van der Waals surface area contributed by atoms with Gasteiger partial charge in [-0.15, -0.1) is 0 Å². The summed E-state index contributed by atoms with van der Waals surface area (Å²) in [6.07, 6.45) is 0.0991. The molecule has 0 saturated carbocycles. The molecule has 2 aromatic carbocycles. The van der Waals surface area contributed by atoms with Crippen LogP contribution < -0.4 is 20.1 Å². The Kier molecular flexibility index (Phi) is 10.9. The Morgan fingerprint density at radius 1 is 1.10 bits per heavy atom. The van der Waals surface area contributed by atoms with Gasteiger partial charge in [0, 0.05) is 14.1 Å². The van der Waals surface area contributed by atoms with Crippen LogP contribution in [0.1, 0.15) is 42.6 Å². The summed E-state index contributed by atoms with van der Waals surface area (Å²) in [5.41, 5.74) is 1.21. The fraction of sp³-hybridized carbons (Fsp3) is 0.467. The molecule has 3 rings (SSSR count). The molecule has 0 unspecified atom stereocenters. The molecule has 0 radical (unpaired) electrons. The van der Waals surface area contributed by atoms with Gasteiger partial charge in [0.25, 0.3) is 5.91 Å². The highest BCUT2D eigenvalue weighted by Crippen LogP contribution is 2.19. The molecule has 1 aliphatic heterocycles. The number of fused-ring (bicyclic) bond motifs is 1. The lowest BCUT2D eigenvalue weighted by molar-refractivity contribution is -0.137. The number of ether oxygens (including phenoxy) is 2.